The number of hydrogen-bond donors (Lipinski definition) is 1. The van der Waals surface area contributed by atoms with E-state index in [2.05, 4.69) is 54.6 Å². The summed E-state index contributed by atoms with van der Waals surface area (Å²) in [6.45, 7) is 6.50. The zero-order chi connectivity index (χ0) is 17.3. The number of rotatable bonds is 2. The minimum Gasteiger partial charge on any atom is -0.507 e. The summed E-state index contributed by atoms with van der Waals surface area (Å²) in [5, 5.41) is 11.6. The molecule has 0 amide bonds. The van der Waals surface area contributed by atoms with Gasteiger partial charge in [-0.05, 0) is 52.2 Å². The van der Waals surface area contributed by atoms with Crippen molar-refractivity contribution in [3.63, 3.8) is 0 Å². The highest BCUT2D eigenvalue weighted by molar-refractivity contribution is 9.09. The predicted octanol–water partition coefficient (Wildman–Crippen LogP) is 5.53. The molecule has 1 aromatic carbocycles. The molecule has 0 aromatic heterocycles. The number of phenols is 1. The van der Waals surface area contributed by atoms with Crippen molar-refractivity contribution in [1.82, 2.24) is 0 Å². The molecule has 2 aliphatic rings. The lowest BCUT2D eigenvalue weighted by Gasteiger charge is -2.47. The van der Waals surface area contributed by atoms with E-state index >= 15 is 0 Å². The normalized spacial score (nSPS) is 23.9. The van der Waals surface area contributed by atoms with E-state index in [-0.39, 0.29) is 5.60 Å². The number of ether oxygens (including phenoxy) is 1. The number of allylic oxidation sites excluding steroid dienone is 2. The van der Waals surface area contributed by atoms with Crippen molar-refractivity contribution in [1.29, 1.82) is 0 Å². The maximum Gasteiger partial charge on any atom is 0.128 e. The largest absolute Gasteiger partial charge is 0.507 e. The molecule has 2 atom stereocenters. The average molecular weight is 389 g/mol. The zero-order valence-electron chi connectivity index (χ0n) is 14.7. The summed E-state index contributed by atoms with van der Waals surface area (Å²) in [7, 11) is 0. The van der Waals surface area contributed by atoms with Gasteiger partial charge in [0.2, 0.25) is 0 Å². The van der Waals surface area contributed by atoms with Crippen molar-refractivity contribution in [3.05, 3.63) is 34.9 Å². The number of alkyl halides is 1. The van der Waals surface area contributed by atoms with Gasteiger partial charge in [0.1, 0.15) is 17.1 Å². The molecule has 0 unspecified atom stereocenters. The van der Waals surface area contributed by atoms with Gasteiger partial charge in [-0.1, -0.05) is 39.4 Å². The van der Waals surface area contributed by atoms with Gasteiger partial charge in [0.15, 0.2) is 0 Å². The summed E-state index contributed by atoms with van der Waals surface area (Å²) in [4.78, 5) is 0. The van der Waals surface area contributed by atoms with E-state index in [1.807, 2.05) is 6.07 Å². The first-order chi connectivity index (χ1) is 11.4. The molecule has 0 bridgehead atoms. The Morgan fingerprint density at radius 3 is 2.92 bits per heavy atom. The summed E-state index contributed by atoms with van der Waals surface area (Å²) in [6, 6.07) is 3.80. The molecule has 1 N–H and O–H groups in total. The van der Waals surface area contributed by atoms with E-state index in [4.69, 9.17) is 4.74 Å². The Balaban J connectivity index is 1.99. The average Bonchev–Trinajstić information content (AvgIpc) is 2.50. The fourth-order valence-electron chi connectivity index (χ4n) is 3.96. The Labute approximate surface area is 153 Å². The topological polar surface area (TPSA) is 29.5 Å². The Morgan fingerprint density at radius 2 is 2.17 bits per heavy atom. The molecule has 3 heteroatoms. The van der Waals surface area contributed by atoms with Crippen LogP contribution in [0.5, 0.6) is 11.5 Å². The Hall–Kier alpha value is -1.40. The summed E-state index contributed by atoms with van der Waals surface area (Å²) < 4.78 is 6.31. The van der Waals surface area contributed by atoms with E-state index in [1.165, 1.54) is 5.57 Å². The fourth-order valence-corrected chi connectivity index (χ4v) is 4.24. The van der Waals surface area contributed by atoms with Crippen LogP contribution >= 0.6 is 15.9 Å². The third-order valence-corrected chi connectivity index (χ3v) is 5.73. The molecule has 128 valence electrons. The molecule has 24 heavy (non-hydrogen) atoms. The van der Waals surface area contributed by atoms with Gasteiger partial charge in [-0.25, -0.2) is 0 Å². The van der Waals surface area contributed by atoms with Crippen molar-refractivity contribution in [2.24, 2.45) is 5.92 Å². The van der Waals surface area contributed by atoms with Gasteiger partial charge in [0.05, 0.1) is 0 Å². The fraction of sp³-hybridized carbons (Fsp3) is 0.524. The molecule has 1 aliphatic heterocycles. The lowest BCUT2D eigenvalue weighted by atomic mass is 9.67. The van der Waals surface area contributed by atoms with E-state index in [0.29, 0.717) is 17.6 Å². The number of aromatic hydroxyl groups is 1. The first-order valence-electron chi connectivity index (χ1n) is 8.69. The minimum atomic E-state index is -0.233. The Bertz CT molecular complexity index is 721. The SMILES string of the molecule is CC1=CC[C@@H]2[C@@H](C1)c1c(O)cc(C#CCCCBr)cc1OC2(C)C. The second kappa shape index (κ2) is 6.84. The summed E-state index contributed by atoms with van der Waals surface area (Å²) >= 11 is 3.41. The molecule has 2 nitrogen and oxygen atoms in total. The van der Waals surface area contributed by atoms with E-state index in [0.717, 1.165) is 47.9 Å². The number of halogens is 1. The summed E-state index contributed by atoms with van der Waals surface area (Å²) in [5.74, 6) is 8.18. The second-order valence-corrected chi connectivity index (χ2v) is 8.20. The third kappa shape index (κ3) is 3.35. The lowest BCUT2D eigenvalue weighted by Crippen LogP contribution is -2.45. The molecule has 1 aliphatic carbocycles. The van der Waals surface area contributed by atoms with Gasteiger partial charge in [-0.15, -0.1) is 0 Å². The molecular weight excluding hydrogens is 364 g/mol. The smallest absolute Gasteiger partial charge is 0.128 e. The monoisotopic (exact) mass is 388 g/mol. The quantitative estimate of drug-likeness (QED) is 0.312. The van der Waals surface area contributed by atoms with Crippen LogP contribution in [0.2, 0.25) is 0 Å². The van der Waals surface area contributed by atoms with E-state index in [1.54, 1.807) is 6.07 Å². The van der Waals surface area contributed by atoms with Gasteiger partial charge in [-0.2, -0.15) is 0 Å². The number of unbranched alkanes of at least 4 members (excludes halogenated alkanes) is 1. The third-order valence-electron chi connectivity index (χ3n) is 5.17. The van der Waals surface area contributed by atoms with Crippen LogP contribution in [0.15, 0.2) is 23.8 Å². The lowest BCUT2D eigenvalue weighted by molar-refractivity contribution is 0.00759. The molecule has 0 spiro atoms. The van der Waals surface area contributed by atoms with Gasteiger partial charge < -0.3 is 9.84 Å². The molecule has 0 saturated carbocycles. The van der Waals surface area contributed by atoms with Crippen LogP contribution in [0.4, 0.5) is 0 Å². The van der Waals surface area contributed by atoms with Crippen molar-refractivity contribution in [2.45, 2.75) is 58.0 Å². The molecule has 0 radical (unpaired) electrons. The summed E-state index contributed by atoms with van der Waals surface area (Å²) in [5.41, 5.74) is 2.97. The van der Waals surface area contributed by atoms with Crippen LogP contribution in [-0.2, 0) is 0 Å². The van der Waals surface area contributed by atoms with E-state index in [9.17, 15) is 5.11 Å². The standard InChI is InChI=1S/C21H25BrO2/c1-14-8-9-17-16(11-14)20-18(23)12-15(7-5-4-6-10-22)13-19(20)24-21(17,2)3/h8,12-13,16-17,23H,4,6,9-11H2,1-3H3/t16-,17-/m1/s1. The number of phenolic OH excluding ortho intramolecular Hbond substituents is 1. The minimum absolute atomic E-state index is 0.233. The molecule has 1 heterocycles. The molecule has 0 saturated heterocycles. The maximum atomic E-state index is 10.7. The van der Waals surface area contributed by atoms with Crippen LogP contribution in [0.25, 0.3) is 0 Å². The summed E-state index contributed by atoms with van der Waals surface area (Å²) in [6.07, 6.45) is 6.20. The number of benzene rings is 1. The zero-order valence-corrected chi connectivity index (χ0v) is 16.2. The first kappa shape index (κ1) is 17.4. The van der Waals surface area contributed by atoms with Crippen molar-refractivity contribution in [2.75, 3.05) is 5.33 Å². The van der Waals surface area contributed by atoms with Crippen LogP contribution in [-0.4, -0.2) is 16.0 Å². The highest BCUT2D eigenvalue weighted by Gasteiger charge is 2.45. The number of fused-ring (bicyclic) bond motifs is 3. The molecule has 1 aromatic rings. The van der Waals surface area contributed by atoms with Crippen molar-refractivity contribution < 1.29 is 9.84 Å². The Kier molecular flexibility index (Phi) is 4.97. The van der Waals surface area contributed by atoms with Gasteiger partial charge in [-0.3, -0.25) is 0 Å². The van der Waals surface area contributed by atoms with E-state index < -0.39 is 0 Å². The van der Waals surface area contributed by atoms with Crippen molar-refractivity contribution in [3.8, 4) is 23.3 Å². The predicted molar refractivity (Wildman–Crippen MR) is 102 cm³/mol. The molecular formula is C21H25BrO2. The van der Waals surface area contributed by atoms with Crippen LogP contribution < -0.4 is 4.74 Å². The maximum absolute atomic E-state index is 10.7. The van der Waals surface area contributed by atoms with Gasteiger partial charge >= 0.3 is 0 Å². The van der Waals surface area contributed by atoms with Crippen molar-refractivity contribution >= 4 is 15.9 Å². The van der Waals surface area contributed by atoms with Gasteiger partial charge in [0.25, 0.3) is 0 Å². The van der Waals surface area contributed by atoms with Gasteiger partial charge in [0, 0.05) is 34.7 Å². The Morgan fingerprint density at radius 1 is 1.38 bits per heavy atom. The molecule has 0 fully saturated rings. The first-order valence-corrected chi connectivity index (χ1v) is 9.81. The van der Waals surface area contributed by atoms with Crippen LogP contribution in [0.1, 0.15) is 63.5 Å². The van der Waals surface area contributed by atoms with Crippen LogP contribution in [0, 0.1) is 17.8 Å². The van der Waals surface area contributed by atoms with Crippen LogP contribution in [0.3, 0.4) is 0 Å². The highest BCUT2D eigenvalue weighted by Crippen LogP contribution is 2.54. The number of hydrogen-bond acceptors (Lipinski definition) is 2. The second-order valence-electron chi connectivity index (χ2n) is 7.41. The highest BCUT2D eigenvalue weighted by atomic mass is 79.9. The molecule has 3 rings (SSSR count).